The maximum absolute atomic E-state index is 12.6. The monoisotopic (exact) mass is 279 g/mol. The summed E-state index contributed by atoms with van der Waals surface area (Å²) in [6, 6.07) is -0.0543. The van der Waals surface area contributed by atoms with Gasteiger partial charge >= 0.3 is 0 Å². The summed E-state index contributed by atoms with van der Waals surface area (Å²) in [5, 5.41) is 3.21. The first-order chi connectivity index (χ1) is 8.50. The molecule has 0 aromatic carbocycles. The minimum atomic E-state index is -3.37. The van der Waals surface area contributed by atoms with Crippen LogP contribution in [0.25, 0.3) is 0 Å². The van der Waals surface area contributed by atoms with Gasteiger partial charge in [-0.2, -0.15) is 17.0 Å². The molecule has 1 aliphatic heterocycles. The van der Waals surface area contributed by atoms with Gasteiger partial charge in [0.15, 0.2) is 0 Å². The molecule has 0 spiro atoms. The second kappa shape index (κ2) is 7.40. The number of nitrogens with one attached hydrogen (secondary N) is 1. The van der Waals surface area contributed by atoms with Crippen molar-refractivity contribution in [3.8, 4) is 0 Å². The van der Waals surface area contributed by atoms with Crippen LogP contribution in [-0.2, 0) is 14.9 Å². The highest BCUT2D eigenvalue weighted by Gasteiger charge is 2.31. The van der Waals surface area contributed by atoms with Crippen LogP contribution in [0.1, 0.15) is 20.3 Å². The molecule has 1 fully saturated rings. The van der Waals surface area contributed by atoms with Crippen LogP contribution < -0.4 is 5.32 Å². The number of methoxy groups -OCH3 is 1. The van der Waals surface area contributed by atoms with Crippen molar-refractivity contribution in [1.29, 1.82) is 0 Å². The fraction of sp³-hybridized carbons (Fsp3) is 1.00. The normalized spacial score (nSPS) is 19.4. The average Bonchev–Trinajstić information content (AvgIpc) is 2.57. The Hall–Kier alpha value is -0.210. The lowest BCUT2D eigenvalue weighted by atomic mass is 10.4. The van der Waals surface area contributed by atoms with E-state index in [1.54, 1.807) is 11.4 Å². The summed E-state index contributed by atoms with van der Waals surface area (Å²) >= 11 is 0. The van der Waals surface area contributed by atoms with Gasteiger partial charge < -0.3 is 10.1 Å². The van der Waals surface area contributed by atoms with Crippen molar-refractivity contribution in [1.82, 2.24) is 13.9 Å². The van der Waals surface area contributed by atoms with Crippen molar-refractivity contribution in [2.75, 3.05) is 46.4 Å². The number of ether oxygens (including phenoxy) is 1. The largest absolute Gasteiger partial charge is 0.383 e. The van der Waals surface area contributed by atoms with Gasteiger partial charge in [0.05, 0.1) is 6.61 Å². The van der Waals surface area contributed by atoms with Crippen LogP contribution in [0.5, 0.6) is 0 Å². The molecule has 0 aliphatic carbocycles. The second-order valence-electron chi connectivity index (χ2n) is 4.71. The van der Waals surface area contributed by atoms with Gasteiger partial charge in [-0.1, -0.05) is 0 Å². The first-order valence-corrected chi connectivity index (χ1v) is 7.86. The Labute approximate surface area is 110 Å². The van der Waals surface area contributed by atoms with Gasteiger partial charge in [0.2, 0.25) is 0 Å². The highest BCUT2D eigenvalue weighted by molar-refractivity contribution is 7.86. The van der Waals surface area contributed by atoms with E-state index in [1.807, 2.05) is 13.8 Å². The molecular weight excluding hydrogens is 254 g/mol. The Morgan fingerprint density at radius 3 is 2.67 bits per heavy atom. The van der Waals surface area contributed by atoms with E-state index in [9.17, 15) is 8.42 Å². The average molecular weight is 279 g/mol. The van der Waals surface area contributed by atoms with Crippen molar-refractivity contribution in [3.05, 3.63) is 0 Å². The third-order valence-electron chi connectivity index (χ3n) is 3.01. The molecule has 0 aromatic rings. The van der Waals surface area contributed by atoms with Crippen LogP contribution >= 0.6 is 0 Å². The SMILES string of the molecule is COCCN(C(C)C)S(=O)(=O)N1CCCNCC1. The van der Waals surface area contributed by atoms with Crippen molar-refractivity contribution in [3.63, 3.8) is 0 Å². The molecule has 1 aliphatic rings. The van der Waals surface area contributed by atoms with Crippen molar-refractivity contribution >= 4 is 10.2 Å². The fourth-order valence-corrected chi connectivity index (χ4v) is 3.84. The van der Waals surface area contributed by atoms with Gasteiger partial charge in [-0.05, 0) is 26.8 Å². The number of hydrogen-bond donors (Lipinski definition) is 1. The number of hydrogen-bond acceptors (Lipinski definition) is 4. The predicted molar refractivity (Wildman–Crippen MR) is 71.7 cm³/mol. The molecule has 108 valence electrons. The number of nitrogens with zero attached hydrogens (tertiary/aromatic N) is 2. The minimum Gasteiger partial charge on any atom is -0.383 e. The lowest BCUT2D eigenvalue weighted by Crippen LogP contribution is -2.49. The molecule has 0 amide bonds. The maximum Gasteiger partial charge on any atom is 0.282 e. The first-order valence-electron chi connectivity index (χ1n) is 6.46. The van der Waals surface area contributed by atoms with Gasteiger partial charge in [0.25, 0.3) is 10.2 Å². The van der Waals surface area contributed by atoms with Gasteiger partial charge in [-0.3, -0.25) is 0 Å². The van der Waals surface area contributed by atoms with E-state index >= 15 is 0 Å². The Bertz CT molecular complexity index is 324. The van der Waals surface area contributed by atoms with Gasteiger partial charge in [0, 0.05) is 39.3 Å². The highest BCUT2D eigenvalue weighted by atomic mass is 32.2. The Balaban J connectivity index is 2.78. The van der Waals surface area contributed by atoms with E-state index in [1.165, 1.54) is 4.31 Å². The molecule has 0 unspecified atom stereocenters. The fourth-order valence-electron chi connectivity index (χ4n) is 2.02. The Morgan fingerprint density at radius 1 is 1.33 bits per heavy atom. The second-order valence-corrected chi connectivity index (χ2v) is 6.59. The van der Waals surface area contributed by atoms with Crippen molar-refractivity contribution < 1.29 is 13.2 Å². The van der Waals surface area contributed by atoms with Crippen molar-refractivity contribution in [2.45, 2.75) is 26.3 Å². The Morgan fingerprint density at radius 2 is 2.06 bits per heavy atom. The maximum atomic E-state index is 12.6. The molecular formula is C11H25N3O3S. The molecule has 0 radical (unpaired) electrons. The molecule has 18 heavy (non-hydrogen) atoms. The van der Waals surface area contributed by atoms with E-state index in [2.05, 4.69) is 5.32 Å². The van der Waals surface area contributed by atoms with Crippen molar-refractivity contribution in [2.24, 2.45) is 0 Å². The van der Waals surface area contributed by atoms with Gasteiger partial charge in [-0.15, -0.1) is 0 Å². The van der Waals surface area contributed by atoms with E-state index in [4.69, 9.17) is 4.74 Å². The first kappa shape index (κ1) is 15.8. The van der Waals surface area contributed by atoms with Crippen LogP contribution in [0, 0.1) is 0 Å². The molecule has 1 rings (SSSR count). The molecule has 0 bridgehead atoms. The van der Waals surface area contributed by atoms with Crippen LogP contribution in [0.3, 0.4) is 0 Å². The predicted octanol–water partition coefficient (Wildman–Crippen LogP) is -0.117. The summed E-state index contributed by atoms with van der Waals surface area (Å²) < 4.78 is 33.2. The van der Waals surface area contributed by atoms with Crippen LogP contribution in [0.15, 0.2) is 0 Å². The lowest BCUT2D eigenvalue weighted by Gasteiger charge is -2.31. The topological polar surface area (TPSA) is 61.9 Å². The third-order valence-corrected chi connectivity index (χ3v) is 5.23. The van der Waals surface area contributed by atoms with Crippen LogP contribution in [0.2, 0.25) is 0 Å². The lowest BCUT2D eigenvalue weighted by molar-refractivity contribution is 0.167. The van der Waals surface area contributed by atoms with Gasteiger partial charge in [0.1, 0.15) is 0 Å². The van der Waals surface area contributed by atoms with E-state index < -0.39 is 10.2 Å². The van der Waals surface area contributed by atoms with E-state index in [-0.39, 0.29) is 6.04 Å². The zero-order valence-corrected chi connectivity index (χ0v) is 12.4. The molecule has 0 atom stereocenters. The molecule has 1 N–H and O–H groups in total. The van der Waals surface area contributed by atoms with E-state index in [0.717, 1.165) is 19.5 Å². The highest BCUT2D eigenvalue weighted by Crippen LogP contribution is 2.13. The molecule has 0 aromatic heterocycles. The zero-order valence-electron chi connectivity index (χ0n) is 11.6. The molecule has 1 saturated heterocycles. The quantitative estimate of drug-likeness (QED) is 0.736. The molecule has 6 nitrogen and oxygen atoms in total. The third kappa shape index (κ3) is 4.17. The van der Waals surface area contributed by atoms with Crippen LogP contribution in [-0.4, -0.2) is 69.5 Å². The summed E-state index contributed by atoms with van der Waals surface area (Å²) in [5.41, 5.74) is 0. The standard InChI is InChI=1S/C11H25N3O3S/c1-11(2)14(9-10-17-3)18(15,16)13-7-4-5-12-6-8-13/h11-12H,4-10H2,1-3H3. The smallest absolute Gasteiger partial charge is 0.282 e. The van der Waals surface area contributed by atoms with Crippen LogP contribution in [0.4, 0.5) is 0 Å². The Kier molecular flexibility index (Phi) is 6.51. The molecule has 7 heteroatoms. The minimum absolute atomic E-state index is 0.0543. The zero-order chi connectivity index (χ0) is 13.6. The summed E-state index contributed by atoms with van der Waals surface area (Å²) in [5.74, 6) is 0. The summed E-state index contributed by atoms with van der Waals surface area (Å²) in [6.45, 7) is 7.34. The van der Waals surface area contributed by atoms with E-state index in [0.29, 0.717) is 26.2 Å². The molecule has 1 heterocycles. The summed E-state index contributed by atoms with van der Waals surface area (Å²) in [6.07, 6.45) is 0.857. The van der Waals surface area contributed by atoms with Gasteiger partial charge in [-0.25, -0.2) is 0 Å². The summed E-state index contributed by atoms with van der Waals surface area (Å²) in [4.78, 5) is 0. The molecule has 0 saturated carbocycles. The number of rotatable bonds is 6. The summed E-state index contributed by atoms with van der Waals surface area (Å²) in [7, 11) is -1.79.